The number of anilines is 1. The van der Waals surface area contributed by atoms with Gasteiger partial charge < -0.3 is 14.0 Å². The van der Waals surface area contributed by atoms with E-state index in [1.54, 1.807) is 42.9 Å². The van der Waals surface area contributed by atoms with Crippen molar-refractivity contribution in [2.75, 3.05) is 18.6 Å². The Morgan fingerprint density at radius 2 is 1.76 bits per heavy atom. The minimum atomic E-state index is -0.517. The van der Waals surface area contributed by atoms with E-state index in [0.29, 0.717) is 16.2 Å². The van der Waals surface area contributed by atoms with Gasteiger partial charge in [-0.05, 0) is 49.4 Å². The van der Waals surface area contributed by atoms with Gasteiger partial charge in [0.15, 0.2) is 4.80 Å². The van der Waals surface area contributed by atoms with E-state index in [4.69, 9.17) is 9.47 Å². The molecule has 33 heavy (non-hydrogen) atoms. The minimum absolute atomic E-state index is 0.0929. The molecule has 0 N–H and O–H groups in total. The number of esters is 1. The number of hydrogen-bond acceptors (Lipinski definition) is 7. The average molecular weight is 468 g/mol. The number of amides is 3. The van der Waals surface area contributed by atoms with Gasteiger partial charge >= 0.3 is 5.97 Å². The fourth-order valence-corrected chi connectivity index (χ4v) is 4.58. The molecule has 3 aromatic rings. The molecule has 10 heteroatoms. The molecule has 1 fully saturated rings. The molecule has 0 aliphatic carbocycles. The van der Waals surface area contributed by atoms with Crippen molar-refractivity contribution in [2.45, 2.75) is 26.3 Å². The van der Waals surface area contributed by atoms with Crippen molar-refractivity contribution >= 4 is 50.9 Å². The Hall–Kier alpha value is -3.79. The Kier molecular flexibility index (Phi) is 6.36. The molecule has 0 atom stereocenters. The van der Waals surface area contributed by atoms with Crippen LogP contribution in [0.3, 0.4) is 0 Å². The highest BCUT2D eigenvalue weighted by atomic mass is 32.1. The number of benzene rings is 2. The summed E-state index contributed by atoms with van der Waals surface area (Å²) in [5.74, 6) is -0.830. The molecule has 0 spiro atoms. The van der Waals surface area contributed by atoms with E-state index in [1.807, 2.05) is 6.07 Å². The van der Waals surface area contributed by atoms with Gasteiger partial charge in [-0.25, -0.2) is 0 Å². The average Bonchev–Trinajstić information content (AvgIpc) is 3.32. The molecule has 3 amide bonds. The van der Waals surface area contributed by atoms with Crippen LogP contribution in [0.4, 0.5) is 5.69 Å². The van der Waals surface area contributed by atoms with E-state index in [0.717, 1.165) is 15.1 Å². The molecule has 1 aliphatic rings. The fraction of sp³-hybridized carbons (Fsp3) is 0.261. The topological polar surface area (TPSA) is 107 Å². The van der Waals surface area contributed by atoms with Gasteiger partial charge in [0.2, 0.25) is 11.8 Å². The summed E-state index contributed by atoms with van der Waals surface area (Å²) in [6, 6.07) is 11.5. The Labute approximate surface area is 192 Å². The molecule has 0 unspecified atom stereocenters. The van der Waals surface area contributed by atoms with Crippen LogP contribution >= 0.6 is 11.3 Å². The lowest BCUT2D eigenvalue weighted by Gasteiger charge is -2.13. The van der Waals surface area contributed by atoms with Gasteiger partial charge in [-0.3, -0.25) is 24.1 Å². The molecule has 2 heterocycles. The van der Waals surface area contributed by atoms with Crippen molar-refractivity contribution in [1.29, 1.82) is 0 Å². The third kappa shape index (κ3) is 4.56. The number of imide groups is 1. The largest absolute Gasteiger partial charge is 0.497 e. The highest BCUT2D eigenvalue weighted by Gasteiger charge is 2.30. The molecule has 4 rings (SSSR count). The fourth-order valence-electron chi connectivity index (χ4n) is 3.52. The van der Waals surface area contributed by atoms with E-state index in [2.05, 4.69) is 4.99 Å². The minimum Gasteiger partial charge on any atom is -0.497 e. The Morgan fingerprint density at radius 1 is 1.06 bits per heavy atom. The van der Waals surface area contributed by atoms with Crippen LogP contribution in [-0.4, -0.2) is 42.0 Å². The zero-order valence-electron chi connectivity index (χ0n) is 18.1. The first-order valence-electron chi connectivity index (χ1n) is 10.3. The third-order valence-electron chi connectivity index (χ3n) is 5.10. The first-order valence-corrected chi connectivity index (χ1v) is 11.1. The number of rotatable bonds is 6. The number of aromatic nitrogens is 1. The normalized spacial score (nSPS) is 14.2. The molecular weight excluding hydrogens is 446 g/mol. The summed E-state index contributed by atoms with van der Waals surface area (Å²) < 4.78 is 12.8. The van der Waals surface area contributed by atoms with Crippen molar-refractivity contribution in [3.63, 3.8) is 0 Å². The second-order valence-corrected chi connectivity index (χ2v) is 8.21. The zero-order chi connectivity index (χ0) is 23.5. The van der Waals surface area contributed by atoms with Crippen molar-refractivity contribution in [1.82, 2.24) is 4.57 Å². The summed E-state index contributed by atoms with van der Waals surface area (Å²) in [4.78, 5) is 54.6. The van der Waals surface area contributed by atoms with Crippen molar-refractivity contribution in [2.24, 2.45) is 4.99 Å². The van der Waals surface area contributed by atoms with Crippen molar-refractivity contribution < 1.29 is 28.7 Å². The van der Waals surface area contributed by atoms with Crippen molar-refractivity contribution in [3.05, 3.63) is 52.8 Å². The van der Waals surface area contributed by atoms with Crippen LogP contribution in [-0.2, 0) is 25.7 Å². The number of thiazole rings is 1. The molecule has 1 aliphatic heterocycles. The molecule has 2 aromatic carbocycles. The molecular formula is C23H21N3O6S. The number of hydrogen-bond donors (Lipinski definition) is 0. The monoisotopic (exact) mass is 467 g/mol. The van der Waals surface area contributed by atoms with Gasteiger partial charge in [-0.1, -0.05) is 11.3 Å². The highest BCUT2D eigenvalue weighted by molar-refractivity contribution is 7.16. The number of ether oxygens (including phenoxy) is 2. The maximum atomic E-state index is 12.9. The maximum Gasteiger partial charge on any atom is 0.326 e. The number of carbonyl (C=O) groups excluding carboxylic acids is 4. The molecule has 170 valence electrons. The Morgan fingerprint density at radius 3 is 2.39 bits per heavy atom. The summed E-state index contributed by atoms with van der Waals surface area (Å²) in [7, 11) is 1.56. The first-order chi connectivity index (χ1) is 15.9. The number of nitrogens with zero attached hydrogens (tertiary/aromatic N) is 3. The molecule has 0 radical (unpaired) electrons. The standard InChI is InChI=1S/C23H21N3O6S/c1-3-32-21(29)13-25-17-9-8-16(31-2)12-18(17)33-23(25)24-22(30)14-4-6-15(7-5-14)26-19(27)10-11-20(26)28/h4-9,12H,3,10-11,13H2,1-2H3. The first kappa shape index (κ1) is 22.4. The van der Waals surface area contributed by atoms with Crippen molar-refractivity contribution in [3.8, 4) is 5.75 Å². The summed E-state index contributed by atoms with van der Waals surface area (Å²) in [6.07, 6.45) is 0.373. The van der Waals surface area contributed by atoms with Gasteiger partial charge in [-0.15, -0.1) is 0 Å². The van der Waals surface area contributed by atoms with Crippen LogP contribution in [0.25, 0.3) is 10.2 Å². The number of carbonyl (C=O) groups is 4. The number of fused-ring (bicyclic) bond motifs is 1. The van der Waals surface area contributed by atoms with E-state index >= 15 is 0 Å². The van der Waals surface area contributed by atoms with Crippen LogP contribution in [0.5, 0.6) is 5.75 Å². The Bertz CT molecular complexity index is 1310. The summed E-state index contributed by atoms with van der Waals surface area (Å²) in [5.41, 5.74) is 1.43. The number of methoxy groups -OCH3 is 1. The van der Waals surface area contributed by atoms with Gasteiger partial charge in [0.1, 0.15) is 12.3 Å². The lowest BCUT2D eigenvalue weighted by atomic mass is 10.2. The second-order valence-electron chi connectivity index (χ2n) is 7.20. The Balaban J connectivity index is 1.69. The van der Waals surface area contributed by atoms with Gasteiger partial charge in [0.25, 0.3) is 5.91 Å². The molecule has 1 aromatic heterocycles. The third-order valence-corrected chi connectivity index (χ3v) is 6.14. The molecule has 0 bridgehead atoms. The van der Waals surface area contributed by atoms with E-state index < -0.39 is 11.9 Å². The van der Waals surface area contributed by atoms with Crippen LogP contribution in [0.1, 0.15) is 30.1 Å². The van der Waals surface area contributed by atoms with E-state index in [-0.39, 0.29) is 43.4 Å². The summed E-state index contributed by atoms with van der Waals surface area (Å²) in [5, 5.41) is 0. The van der Waals surface area contributed by atoms with Crippen LogP contribution in [0, 0.1) is 0 Å². The summed E-state index contributed by atoms with van der Waals surface area (Å²) >= 11 is 1.25. The predicted molar refractivity (Wildman–Crippen MR) is 121 cm³/mol. The van der Waals surface area contributed by atoms with E-state index in [9.17, 15) is 19.2 Å². The van der Waals surface area contributed by atoms with Gasteiger partial charge in [-0.2, -0.15) is 4.99 Å². The van der Waals surface area contributed by atoms with Crippen LogP contribution < -0.4 is 14.4 Å². The quantitative estimate of drug-likeness (QED) is 0.408. The lowest BCUT2D eigenvalue weighted by Crippen LogP contribution is -2.28. The highest BCUT2D eigenvalue weighted by Crippen LogP contribution is 2.24. The second kappa shape index (κ2) is 9.37. The SMILES string of the molecule is CCOC(=O)Cn1c(=NC(=O)c2ccc(N3C(=O)CCC3=O)cc2)sc2cc(OC)ccc21. The van der Waals surface area contributed by atoms with Gasteiger partial charge in [0.05, 0.1) is 29.6 Å². The smallest absolute Gasteiger partial charge is 0.326 e. The lowest BCUT2D eigenvalue weighted by molar-refractivity contribution is -0.143. The zero-order valence-corrected chi connectivity index (χ0v) is 18.9. The van der Waals surface area contributed by atoms with Gasteiger partial charge in [0, 0.05) is 18.4 Å². The van der Waals surface area contributed by atoms with E-state index in [1.165, 1.54) is 23.5 Å². The molecule has 1 saturated heterocycles. The molecule has 0 saturated carbocycles. The predicted octanol–water partition coefficient (Wildman–Crippen LogP) is 2.67. The van der Waals surface area contributed by atoms with Crippen LogP contribution in [0.2, 0.25) is 0 Å². The van der Waals surface area contributed by atoms with Crippen LogP contribution in [0.15, 0.2) is 47.5 Å². The summed E-state index contributed by atoms with van der Waals surface area (Å²) in [6.45, 7) is 1.88. The molecule has 9 nitrogen and oxygen atoms in total. The maximum absolute atomic E-state index is 12.9.